The van der Waals surface area contributed by atoms with Gasteiger partial charge in [-0.2, -0.15) is 0 Å². The lowest BCUT2D eigenvalue weighted by atomic mass is 10.1. The highest BCUT2D eigenvalue weighted by atomic mass is 35.5. The van der Waals surface area contributed by atoms with E-state index in [9.17, 15) is 28.1 Å². The lowest BCUT2D eigenvalue weighted by molar-refractivity contribution is -0.385. The third kappa shape index (κ3) is 8.67. The minimum absolute atomic E-state index is 0.0148. The number of nitrogens with zero attached hydrogens (tertiary/aromatic N) is 3. The van der Waals surface area contributed by atoms with Gasteiger partial charge in [-0.25, -0.2) is 8.42 Å². The minimum Gasteiger partial charge on any atom is -0.497 e. The molecule has 3 aromatic carbocycles. The van der Waals surface area contributed by atoms with Gasteiger partial charge in [0.15, 0.2) is 0 Å². The van der Waals surface area contributed by atoms with Crippen LogP contribution in [0.3, 0.4) is 0 Å². The van der Waals surface area contributed by atoms with Crippen molar-refractivity contribution in [3.05, 3.63) is 86.9 Å². The van der Waals surface area contributed by atoms with Crippen LogP contribution in [0.5, 0.6) is 11.5 Å². The van der Waals surface area contributed by atoms with E-state index in [1.54, 1.807) is 31.2 Å². The molecule has 1 N–H and O–H groups in total. The number of anilines is 1. The van der Waals surface area contributed by atoms with Gasteiger partial charge in [0.25, 0.3) is 15.7 Å². The average Bonchev–Trinajstić information content (AvgIpc) is 3.03. The molecule has 0 bridgehead atoms. The van der Waals surface area contributed by atoms with E-state index in [-0.39, 0.29) is 40.9 Å². The van der Waals surface area contributed by atoms with Gasteiger partial charge in [0.1, 0.15) is 24.1 Å². The number of carbonyl (C=O) groups excluding carboxylic acids is 2. The molecule has 0 fully saturated rings. The van der Waals surface area contributed by atoms with Crippen molar-refractivity contribution in [2.75, 3.05) is 31.6 Å². The molecule has 0 aromatic heterocycles. The summed E-state index contributed by atoms with van der Waals surface area (Å²) < 4.78 is 40.0. The number of ether oxygens (including phenoxy) is 2. The lowest BCUT2D eigenvalue weighted by Crippen LogP contribution is -2.52. The van der Waals surface area contributed by atoms with Gasteiger partial charge in [-0.05, 0) is 61.7 Å². The quantitative estimate of drug-likeness (QED) is 0.119. The van der Waals surface area contributed by atoms with Gasteiger partial charge >= 0.3 is 0 Å². The zero-order chi connectivity index (χ0) is 34.0. The Balaban J connectivity index is 2.16. The van der Waals surface area contributed by atoms with Crippen LogP contribution >= 0.6 is 11.6 Å². The van der Waals surface area contributed by atoms with Crippen molar-refractivity contribution in [2.24, 2.45) is 0 Å². The van der Waals surface area contributed by atoms with Crippen molar-refractivity contribution >= 4 is 44.8 Å². The number of sulfonamides is 1. The van der Waals surface area contributed by atoms with Crippen LogP contribution in [0.4, 0.5) is 11.4 Å². The molecule has 0 saturated heterocycles. The highest BCUT2D eigenvalue weighted by Gasteiger charge is 2.35. The SMILES string of the molecule is CCCCNC(=O)C(CC)N(Cc1ccc(OC)cc1)C(=O)CN(c1cc(Cl)ccc1OC)S(=O)(=O)c1ccc(C)c([N+](=O)[O-])c1. The van der Waals surface area contributed by atoms with Gasteiger partial charge < -0.3 is 19.7 Å². The molecule has 0 aliphatic rings. The first kappa shape index (κ1) is 36.1. The first-order valence-electron chi connectivity index (χ1n) is 14.7. The summed E-state index contributed by atoms with van der Waals surface area (Å²) in [6, 6.07) is 13.8. The second kappa shape index (κ2) is 16.3. The van der Waals surface area contributed by atoms with Crippen LogP contribution in [0.25, 0.3) is 0 Å². The Morgan fingerprint density at radius 1 is 1.02 bits per heavy atom. The third-order valence-corrected chi connectivity index (χ3v) is 9.37. The predicted molar refractivity (Wildman–Crippen MR) is 176 cm³/mol. The number of nitro groups is 1. The van der Waals surface area contributed by atoms with Crippen molar-refractivity contribution in [2.45, 2.75) is 57.5 Å². The summed E-state index contributed by atoms with van der Waals surface area (Å²) in [5.74, 6) is -0.376. The highest BCUT2D eigenvalue weighted by Crippen LogP contribution is 2.36. The number of hydrogen-bond donors (Lipinski definition) is 1. The fraction of sp³-hybridized carbons (Fsp3) is 0.375. The van der Waals surface area contributed by atoms with E-state index in [2.05, 4.69) is 5.32 Å². The van der Waals surface area contributed by atoms with Crippen LogP contribution in [0, 0.1) is 17.0 Å². The summed E-state index contributed by atoms with van der Waals surface area (Å²) in [5.41, 5.74) is 0.480. The van der Waals surface area contributed by atoms with Crippen LogP contribution in [0.2, 0.25) is 5.02 Å². The number of amides is 2. The molecule has 3 rings (SSSR count). The monoisotopic (exact) mass is 674 g/mol. The molecule has 0 spiro atoms. The Morgan fingerprint density at radius 2 is 1.72 bits per heavy atom. The molecule has 14 heteroatoms. The molecule has 12 nitrogen and oxygen atoms in total. The number of aryl methyl sites for hydroxylation is 1. The highest BCUT2D eigenvalue weighted by molar-refractivity contribution is 7.92. The Hall–Kier alpha value is -4.36. The number of nitro benzene ring substituents is 1. The lowest BCUT2D eigenvalue weighted by Gasteiger charge is -2.33. The summed E-state index contributed by atoms with van der Waals surface area (Å²) in [4.78, 5) is 39.6. The zero-order valence-electron chi connectivity index (χ0n) is 26.5. The van der Waals surface area contributed by atoms with Gasteiger partial charge in [-0.1, -0.05) is 50.1 Å². The van der Waals surface area contributed by atoms with E-state index < -0.39 is 44.0 Å². The molecule has 0 heterocycles. The van der Waals surface area contributed by atoms with Gasteiger partial charge in [-0.3, -0.25) is 24.0 Å². The number of methoxy groups -OCH3 is 2. The minimum atomic E-state index is -4.63. The van der Waals surface area contributed by atoms with Crippen molar-refractivity contribution in [3.8, 4) is 11.5 Å². The Morgan fingerprint density at radius 3 is 2.30 bits per heavy atom. The molecule has 248 valence electrons. The summed E-state index contributed by atoms with van der Waals surface area (Å²) >= 11 is 6.28. The maximum Gasteiger partial charge on any atom is 0.273 e. The van der Waals surface area contributed by atoms with Crippen LogP contribution in [0.1, 0.15) is 44.2 Å². The van der Waals surface area contributed by atoms with E-state index in [1.165, 1.54) is 56.4 Å². The predicted octanol–water partition coefficient (Wildman–Crippen LogP) is 5.49. The first-order valence-corrected chi connectivity index (χ1v) is 16.5. The molecule has 3 aromatic rings. The molecule has 0 saturated carbocycles. The Labute approximate surface area is 274 Å². The van der Waals surface area contributed by atoms with Crippen molar-refractivity contribution in [1.82, 2.24) is 10.2 Å². The first-order chi connectivity index (χ1) is 21.9. The van der Waals surface area contributed by atoms with Crippen LogP contribution in [-0.4, -0.2) is 63.4 Å². The molecule has 0 aliphatic heterocycles. The van der Waals surface area contributed by atoms with Crippen LogP contribution in [-0.2, 0) is 26.2 Å². The summed E-state index contributed by atoms with van der Waals surface area (Å²) in [6.45, 7) is 4.88. The van der Waals surface area contributed by atoms with Gasteiger partial charge in [0.2, 0.25) is 11.8 Å². The molecular weight excluding hydrogens is 636 g/mol. The van der Waals surface area contributed by atoms with Crippen molar-refractivity contribution in [1.29, 1.82) is 0 Å². The van der Waals surface area contributed by atoms with E-state index in [0.29, 0.717) is 17.9 Å². The molecule has 2 amide bonds. The van der Waals surface area contributed by atoms with Crippen molar-refractivity contribution < 1.29 is 32.4 Å². The number of benzene rings is 3. The Kier molecular flexibility index (Phi) is 12.8. The fourth-order valence-corrected chi connectivity index (χ4v) is 6.40. The van der Waals surface area contributed by atoms with E-state index in [1.807, 2.05) is 6.92 Å². The molecule has 0 radical (unpaired) electrons. The molecule has 1 atom stereocenters. The van der Waals surface area contributed by atoms with E-state index in [0.717, 1.165) is 23.2 Å². The average molecular weight is 675 g/mol. The van der Waals surface area contributed by atoms with Crippen molar-refractivity contribution in [3.63, 3.8) is 0 Å². The Bertz CT molecular complexity index is 1650. The molecule has 0 aliphatic carbocycles. The maximum atomic E-state index is 14.3. The molecule has 46 heavy (non-hydrogen) atoms. The number of halogens is 1. The number of unbranched alkanes of at least 4 members (excludes halogenated alkanes) is 1. The summed E-state index contributed by atoms with van der Waals surface area (Å²) in [6.07, 6.45) is 1.85. The number of hydrogen-bond acceptors (Lipinski definition) is 8. The third-order valence-electron chi connectivity index (χ3n) is 7.38. The van der Waals surface area contributed by atoms with Crippen LogP contribution in [0.15, 0.2) is 65.6 Å². The largest absolute Gasteiger partial charge is 0.497 e. The maximum absolute atomic E-state index is 14.3. The fourth-order valence-electron chi connectivity index (χ4n) is 4.80. The van der Waals surface area contributed by atoms with E-state index in [4.69, 9.17) is 21.1 Å². The second-order valence-corrected chi connectivity index (χ2v) is 12.8. The standard InChI is InChI=1S/C32H39ClN4O8S/c1-6-8-17-34-32(39)27(7-2)35(20-23-10-13-25(44-4)14-11-23)31(38)21-36(29-18-24(33)12-16-30(29)45-5)46(42,43)26-15-9-22(3)28(19-26)37(40)41/h9-16,18-19,27H,6-8,17,20-21H2,1-5H3,(H,34,39). The number of carbonyl (C=O) groups is 2. The molecule has 1 unspecified atom stereocenters. The van der Waals surface area contributed by atoms with Crippen LogP contribution < -0.4 is 19.1 Å². The summed E-state index contributed by atoms with van der Waals surface area (Å²) in [7, 11) is -1.77. The van der Waals surface area contributed by atoms with Gasteiger partial charge in [-0.15, -0.1) is 0 Å². The normalized spacial score (nSPS) is 11.8. The number of nitrogens with one attached hydrogen (secondary N) is 1. The van der Waals surface area contributed by atoms with Gasteiger partial charge in [0, 0.05) is 29.7 Å². The van der Waals surface area contributed by atoms with Gasteiger partial charge in [0.05, 0.1) is 29.7 Å². The second-order valence-electron chi connectivity index (χ2n) is 10.5. The van der Waals surface area contributed by atoms with E-state index >= 15 is 0 Å². The smallest absolute Gasteiger partial charge is 0.273 e. The zero-order valence-corrected chi connectivity index (χ0v) is 28.1. The topological polar surface area (TPSA) is 148 Å². The summed E-state index contributed by atoms with van der Waals surface area (Å²) in [5, 5.41) is 14.7. The molecular formula is C32H39ClN4O8S. The number of rotatable bonds is 16.